The number of unbranched alkanes of at least 4 members (excludes halogenated alkanes) is 9. The number of hydrogen-bond donors (Lipinski definition) is 1. The molecule has 0 aliphatic rings. The average Bonchev–Trinajstić information content (AvgIpc) is 2.87. The van der Waals surface area contributed by atoms with Gasteiger partial charge in [-0.25, -0.2) is 0 Å². The maximum Gasteiger partial charge on any atom is 0.0340 e. The van der Waals surface area contributed by atoms with Crippen LogP contribution >= 0.6 is 0 Å². The van der Waals surface area contributed by atoms with E-state index in [0.29, 0.717) is 0 Å². The fourth-order valence-electron chi connectivity index (χ4n) is 4.98. The van der Waals surface area contributed by atoms with Crippen LogP contribution in [0.5, 0.6) is 0 Å². The van der Waals surface area contributed by atoms with Crippen LogP contribution in [0, 0.1) is 0 Å². The van der Waals surface area contributed by atoms with Crippen LogP contribution < -0.4 is 5.32 Å². The second-order valence-electron chi connectivity index (χ2n) is 9.38. The molecule has 0 bridgehead atoms. The summed E-state index contributed by atoms with van der Waals surface area (Å²) in [6.07, 6.45) is 14.8. The lowest BCUT2D eigenvalue weighted by Gasteiger charge is -2.10. The molecule has 0 aromatic heterocycles. The van der Waals surface area contributed by atoms with Gasteiger partial charge < -0.3 is 5.32 Å². The highest BCUT2D eigenvalue weighted by Crippen LogP contribution is 2.29. The zero-order valence-corrected chi connectivity index (χ0v) is 20.1. The highest BCUT2D eigenvalue weighted by Gasteiger charge is 2.06. The van der Waals surface area contributed by atoms with Gasteiger partial charge in [-0.3, -0.25) is 0 Å². The lowest BCUT2D eigenvalue weighted by Crippen LogP contribution is -2.00. The molecular weight excluding hydrogens is 398 g/mol. The third-order valence-corrected chi connectivity index (χ3v) is 6.83. The Hall–Kier alpha value is -2.80. The predicted molar refractivity (Wildman–Crippen MR) is 146 cm³/mol. The van der Waals surface area contributed by atoms with E-state index < -0.39 is 0 Å². The number of nitrogens with one attached hydrogen (secondary N) is 1. The zero-order valence-electron chi connectivity index (χ0n) is 20.1. The van der Waals surface area contributed by atoms with Crippen molar-refractivity contribution < 1.29 is 0 Å². The molecule has 172 valence electrons. The average molecular weight is 438 g/mol. The SMILES string of the molecule is c1ccc(NCCCCCCCCCCCCc2cc3ccccc3c3ccccc23)cc1. The lowest BCUT2D eigenvalue weighted by molar-refractivity contribution is 0.554. The first-order valence-electron chi connectivity index (χ1n) is 13.1. The number of rotatable bonds is 14. The van der Waals surface area contributed by atoms with Crippen molar-refractivity contribution in [2.45, 2.75) is 70.6 Å². The molecule has 0 spiro atoms. The smallest absolute Gasteiger partial charge is 0.0340 e. The summed E-state index contributed by atoms with van der Waals surface area (Å²) in [5.74, 6) is 0. The minimum atomic E-state index is 1.09. The van der Waals surface area contributed by atoms with E-state index in [4.69, 9.17) is 0 Å². The second kappa shape index (κ2) is 13.0. The standard InChI is InChI=1S/C32H39N/c1(2-4-6-8-17-25-33-29-20-11-9-12-21-29)3-5-7-10-18-27-26-28-19-13-14-22-30(28)32-24-16-15-23-31(27)32/h9,11-16,19-24,26,33H,1-8,10,17-18,25H2. The van der Waals surface area contributed by atoms with Crippen LogP contribution in [0.15, 0.2) is 84.9 Å². The van der Waals surface area contributed by atoms with Crippen molar-refractivity contribution in [2.24, 2.45) is 0 Å². The molecule has 0 fully saturated rings. The molecule has 1 nitrogen and oxygen atoms in total. The van der Waals surface area contributed by atoms with E-state index in [9.17, 15) is 0 Å². The summed E-state index contributed by atoms with van der Waals surface area (Å²) in [6.45, 7) is 1.09. The third kappa shape index (κ3) is 7.09. The maximum atomic E-state index is 3.51. The van der Waals surface area contributed by atoms with Gasteiger partial charge in [0.05, 0.1) is 0 Å². The molecule has 1 heteroatoms. The van der Waals surface area contributed by atoms with Crippen LogP contribution in [-0.2, 0) is 6.42 Å². The Morgan fingerprint density at radius 1 is 0.455 bits per heavy atom. The molecule has 33 heavy (non-hydrogen) atoms. The first-order valence-corrected chi connectivity index (χ1v) is 13.1. The normalized spacial score (nSPS) is 11.3. The van der Waals surface area contributed by atoms with Gasteiger partial charge in [-0.1, -0.05) is 124 Å². The second-order valence-corrected chi connectivity index (χ2v) is 9.38. The third-order valence-electron chi connectivity index (χ3n) is 6.83. The number of hydrogen-bond acceptors (Lipinski definition) is 1. The molecule has 0 unspecified atom stereocenters. The van der Waals surface area contributed by atoms with Crippen LogP contribution in [0.1, 0.15) is 69.8 Å². The highest BCUT2D eigenvalue weighted by atomic mass is 14.9. The van der Waals surface area contributed by atoms with Crippen LogP contribution in [0.25, 0.3) is 21.5 Å². The summed E-state index contributed by atoms with van der Waals surface area (Å²) in [7, 11) is 0. The Bertz CT molecular complexity index is 1100. The van der Waals surface area contributed by atoms with Gasteiger partial charge in [0.15, 0.2) is 0 Å². The van der Waals surface area contributed by atoms with Gasteiger partial charge >= 0.3 is 0 Å². The summed E-state index contributed by atoms with van der Waals surface area (Å²) < 4.78 is 0. The van der Waals surface area contributed by atoms with E-state index in [-0.39, 0.29) is 0 Å². The Morgan fingerprint density at radius 2 is 1.00 bits per heavy atom. The molecule has 0 aliphatic carbocycles. The molecule has 0 radical (unpaired) electrons. The summed E-state index contributed by atoms with van der Waals surface area (Å²) >= 11 is 0. The molecular formula is C32H39N. The zero-order chi connectivity index (χ0) is 22.6. The summed E-state index contributed by atoms with van der Waals surface area (Å²) in [5.41, 5.74) is 2.76. The molecule has 0 amide bonds. The molecule has 1 N–H and O–H groups in total. The summed E-state index contributed by atoms with van der Waals surface area (Å²) in [5, 5.41) is 9.11. The Kier molecular flexibility index (Phi) is 9.23. The Labute approximate surface area is 200 Å². The van der Waals surface area contributed by atoms with E-state index >= 15 is 0 Å². The number of fused-ring (bicyclic) bond motifs is 3. The van der Waals surface area contributed by atoms with E-state index in [0.717, 1.165) is 6.54 Å². The minimum absolute atomic E-state index is 1.09. The van der Waals surface area contributed by atoms with Crippen molar-refractivity contribution in [1.29, 1.82) is 0 Å². The van der Waals surface area contributed by atoms with Crippen molar-refractivity contribution in [2.75, 3.05) is 11.9 Å². The minimum Gasteiger partial charge on any atom is -0.385 e. The predicted octanol–water partition coefficient (Wildman–Crippen LogP) is 9.55. The van der Waals surface area contributed by atoms with Crippen molar-refractivity contribution in [3.05, 3.63) is 90.5 Å². The van der Waals surface area contributed by atoms with Crippen LogP contribution in [-0.4, -0.2) is 6.54 Å². The summed E-state index contributed by atoms with van der Waals surface area (Å²) in [6, 6.07) is 30.7. The first kappa shape index (κ1) is 23.4. The maximum absolute atomic E-state index is 3.51. The van der Waals surface area contributed by atoms with Crippen molar-refractivity contribution >= 4 is 27.2 Å². The summed E-state index contributed by atoms with van der Waals surface area (Å²) in [4.78, 5) is 0. The molecule has 0 aliphatic heterocycles. The topological polar surface area (TPSA) is 12.0 Å². The first-order chi connectivity index (χ1) is 16.4. The lowest BCUT2D eigenvalue weighted by atomic mass is 9.94. The van der Waals surface area contributed by atoms with Crippen LogP contribution in [0.4, 0.5) is 5.69 Å². The van der Waals surface area contributed by atoms with Gasteiger partial charge in [-0.2, -0.15) is 0 Å². The van der Waals surface area contributed by atoms with Gasteiger partial charge in [-0.05, 0) is 58.5 Å². The highest BCUT2D eigenvalue weighted by molar-refractivity contribution is 6.08. The fraction of sp³-hybridized carbons (Fsp3) is 0.375. The quantitative estimate of drug-likeness (QED) is 0.153. The Balaban J connectivity index is 1.06. The number of aryl methyl sites for hydroxylation is 1. The van der Waals surface area contributed by atoms with E-state index in [1.165, 1.54) is 103 Å². The largest absolute Gasteiger partial charge is 0.385 e. The van der Waals surface area contributed by atoms with Crippen LogP contribution in [0.2, 0.25) is 0 Å². The molecule has 4 aromatic rings. The van der Waals surface area contributed by atoms with Crippen molar-refractivity contribution in [3.8, 4) is 0 Å². The van der Waals surface area contributed by atoms with E-state index in [1.54, 1.807) is 0 Å². The fourth-order valence-corrected chi connectivity index (χ4v) is 4.98. The molecule has 0 heterocycles. The molecule has 0 saturated heterocycles. The van der Waals surface area contributed by atoms with Gasteiger partial charge in [0.2, 0.25) is 0 Å². The van der Waals surface area contributed by atoms with Gasteiger partial charge in [0, 0.05) is 12.2 Å². The van der Waals surface area contributed by atoms with Gasteiger partial charge in [0.25, 0.3) is 0 Å². The van der Waals surface area contributed by atoms with Crippen molar-refractivity contribution in [1.82, 2.24) is 0 Å². The molecule has 0 atom stereocenters. The van der Waals surface area contributed by atoms with Crippen molar-refractivity contribution in [3.63, 3.8) is 0 Å². The van der Waals surface area contributed by atoms with Crippen LogP contribution in [0.3, 0.4) is 0 Å². The van der Waals surface area contributed by atoms with E-state index in [1.807, 2.05) is 0 Å². The number of para-hydroxylation sites is 1. The molecule has 0 saturated carbocycles. The Morgan fingerprint density at radius 3 is 1.73 bits per heavy atom. The number of benzene rings is 4. The van der Waals surface area contributed by atoms with E-state index in [2.05, 4.69) is 90.2 Å². The van der Waals surface area contributed by atoms with Gasteiger partial charge in [-0.15, -0.1) is 0 Å². The molecule has 4 aromatic carbocycles. The molecule has 4 rings (SSSR count). The number of anilines is 1. The van der Waals surface area contributed by atoms with Gasteiger partial charge in [0.1, 0.15) is 0 Å². The monoisotopic (exact) mass is 437 g/mol.